The topological polar surface area (TPSA) is 99.4 Å². The van der Waals surface area contributed by atoms with Gasteiger partial charge in [0.25, 0.3) is 0 Å². The molecule has 0 unspecified atom stereocenters. The summed E-state index contributed by atoms with van der Waals surface area (Å²) >= 11 is 0. The van der Waals surface area contributed by atoms with Crippen LogP contribution < -0.4 is 9.47 Å². The summed E-state index contributed by atoms with van der Waals surface area (Å²) in [5.41, 5.74) is 0.923. The van der Waals surface area contributed by atoms with E-state index in [0.717, 1.165) is 0 Å². The Kier molecular flexibility index (Phi) is 3.78. The molecule has 2 aliphatic rings. The zero-order chi connectivity index (χ0) is 18.6. The van der Waals surface area contributed by atoms with Gasteiger partial charge in [0.1, 0.15) is 28.6 Å². The van der Waals surface area contributed by atoms with E-state index in [4.69, 9.17) is 9.47 Å². The third-order valence-electron chi connectivity index (χ3n) is 5.36. The van der Waals surface area contributed by atoms with Gasteiger partial charge in [-0.05, 0) is 32.0 Å². The monoisotopic (exact) mass is 358 g/mol. The van der Waals surface area contributed by atoms with E-state index in [0.29, 0.717) is 28.2 Å². The fourth-order valence-corrected chi connectivity index (χ4v) is 3.66. The molecule has 26 heavy (non-hydrogen) atoms. The Morgan fingerprint density at radius 1 is 1.00 bits per heavy atom. The fourth-order valence-electron chi connectivity index (χ4n) is 3.66. The van der Waals surface area contributed by atoms with Crippen molar-refractivity contribution in [3.05, 3.63) is 47.0 Å². The van der Waals surface area contributed by atoms with Gasteiger partial charge in [0.2, 0.25) is 0 Å². The van der Waals surface area contributed by atoms with E-state index in [1.54, 1.807) is 32.0 Å². The summed E-state index contributed by atoms with van der Waals surface area (Å²) in [7, 11) is 0. The third kappa shape index (κ3) is 2.57. The Balaban J connectivity index is 1.72. The normalized spacial score (nSPS) is 26.2. The molecular formula is C20H22O6. The lowest BCUT2D eigenvalue weighted by molar-refractivity contribution is -0.0418. The molecule has 0 radical (unpaired) electrons. The third-order valence-corrected chi connectivity index (χ3v) is 5.36. The smallest absolute Gasteiger partial charge is 0.129 e. The summed E-state index contributed by atoms with van der Waals surface area (Å²) in [6.07, 6.45) is -1.35. The molecule has 138 valence electrons. The minimum Gasteiger partial charge on any atom is -0.508 e. The Labute approximate surface area is 151 Å². The molecule has 0 saturated carbocycles. The van der Waals surface area contributed by atoms with E-state index in [1.165, 1.54) is 12.1 Å². The summed E-state index contributed by atoms with van der Waals surface area (Å²) < 4.78 is 11.5. The molecule has 0 aromatic heterocycles. The fraction of sp³-hybridized carbons (Fsp3) is 0.400. The minimum atomic E-state index is -0.880. The number of hydrogen-bond donors (Lipinski definition) is 4. The van der Waals surface area contributed by atoms with Gasteiger partial charge in [-0.3, -0.25) is 0 Å². The van der Waals surface area contributed by atoms with Crippen LogP contribution in [-0.4, -0.2) is 38.7 Å². The second-order valence-corrected chi connectivity index (χ2v) is 7.49. The van der Waals surface area contributed by atoms with E-state index in [9.17, 15) is 20.4 Å². The Bertz CT molecular complexity index is 860. The number of phenolic OH excluding ortho intramolecular Hbond substituents is 2. The van der Waals surface area contributed by atoms with Gasteiger partial charge in [0.15, 0.2) is 0 Å². The summed E-state index contributed by atoms with van der Waals surface area (Å²) in [5.74, 6) is 0.598. The Morgan fingerprint density at radius 2 is 1.73 bits per heavy atom. The first-order chi connectivity index (χ1) is 12.3. The van der Waals surface area contributed by atoms with Crippen molar-refractivity contribution < 1.29 is 29.9 Å². The molecule has 2 aromatic rings. The molecule has 6 nitrogen and oxygen atoms in total. The maximum atomic E-state index is 10.8. The molecule has 0 aliphatic carbocycles. The summed E-state index contributed by atoms with van der Waals surface area (Å²) in [6, 6.07) is 8.06. The predicted molar refractivity (Wildman–Crippen MR) is 93.8 cm³/mol. The highest BCUT2D eigenvalue weighted by atomic mass is 16.5. The van der Waals surface area contributed by atoms with Gasteiger partial charge in [-0.15, -0.1) is 0 Å². The summed E-state index contributed by atoms with van der Waals surface area (Å²) in [4.78, 5) is 0. The van der Waals surface area contributed by atoms with Gasteiger partial charge in [0.05, 0.1) is 24.7 Å². The van der Waals surface area contributed by atoms with Crippen LogP contribution in [0.4, 0.5) is 0 Å². The van der Waals surface area contributed by atoms with Gasteiger partial charge in [0, 0.05) is 29.2 Å². The van der Waals surface area contributed by atoms with Crippen LogP contribution in [0.1, 0.15) is 42.6 Å². The van der Waals surface area contributed by atoms with E-state index in [-0.39, 0.29) is 24.5 Å². The zero-order valence-corrected chi connectivity index (χ0v) is 14.6. The molecule has 0 amide bonds. The van der Waals surface area contributed by atoms with E-state index < -0.39 is 23.7 Å². The number of ether oxygens (including phenoxy) is 2. The van der Waals surface area contributed by atoms with Crippen molar-refractivity contribution in [3.63, 3.8) is 0 Å². The molecule has 6 heteroatoms. The molecular weight excluding hydrogens is 336 g/mol. The standard InChI is InChI=1S/C20H22O6/c1-20(2)17(22)8-13-15(26-20)6-5-11(18(13)23)14-9-25-16-7-10(21)3-4-12(16)19(14)24/h3-7,14,17,19,21-24H,8-9H2,1-2H3/t14-,17+,19+/m0/s1. The number of aliphatic hydroxyl groups is 2. The van der Waals surface area contributed by atoms with Crippen LogP contribution in [0.2, 0.25) is 0 Å². The van der Waals surface area contributed by atoms with Crippen molar-refractivity contribution in [2.45, 2.75) is 44.0 Å². The van der Waals surface area contributed by atoms with E-state index >= 15 is 0 Å². The van der Waals surface area contributed by atoms with Crippen molar-refractivity contribution in [2.24, 2.45) is 0 Å². The molecule has 0 fully saturated rings. The van der Waals surface area contributed by atoms with Crippen LogP contribution in [0.3, 0.4) is 0 Å². The maximum absolute atomic E-state index is 10.8. The molecule has 3 atom stereocenters. The van der Waals surface area contributed by atoms with Crippen LogP contribution >= 0.6 is 0 Å². The van der Waals surface area contributed by atoms with Gasteiger partial charge >= 0.3 is 0 Å². The van der Waals surface area contributed by atoms with Crippen molar-refractivity contribution in [2.75, 3.05) is 6.61 Å². The van der Waals surface area contributed by atoms with Crippen molar-refractivity contribution in [3.8, 4) is 23.0 Å². The van der Waals surface area contributed by atoms with Crippen LogP contribution in [0.15, 0.2) is 30.3 Å². The molecule has 4 N–H and O–H groups in total. The highest BCUT2D eigenvalue weighted by Crippen LogP contribution is 2.47. The van der Waals surface area contributed by atoms with Crippen LogP contribution in [0.25, 0.3) is 0 Å². The van der Waals surface area contributed by atoms with Gasteiger partial charge in [-0.1, -0.05) is 6.07 Å². The quantitative estimate of drug-likeness (QED) is 0.625. The number of aliphatic hydroxyl groups excluding tert-OH is 2. The number of hydrogen-bond acceptors (Lipinski definition) is 6. The average molecular weight is 358 g/mol. The number of fused-ring (bicyclic) bond motifs is 2. The van der Waals surface area contributed by atoms with Crippen LogP contribution in [0.5, 0.6) is 23.0 Å². The molecule has 2 aliphatic heterocycles. The molecule has 0 saturated heterocycles. The number of aromatic hydroxyl groups is 2. The molecule has 0 spiro atoms. The number of phenols is 2. The van der Waals surface area contributed by atoms with Gasteiger partial charge in [-0.25, -0.2) is 0 Å². The molecule has 0 bridgehead atoms. The van der Waals surface area contributed by atoms with Gasteiger partial charge < -0.3 is 29.9 Å². The minimum absolute atomic E-state index is 0.0203. The highest BCUT2D eigenvalue weighted by Gasteiger charge is 2.39. The zero-order valence-electron chi connectivity index (χ0n) is 14.6. The Morgan fingerprint density at radius 3 is 2.50 bits per heavy atom. The molecule has 4 rings (SSSR count). The van der Waals surface area contributed by atoms with Crippen molar-refractivity contribution >= 4 is 0 Å². The molecule has 2 aromatic carbocycles. The van der Waals surface area contributed by atoms with Gasteiger partial charge in [-0.2, -0.15) is 0 Å². The lowest BCUT2D eigenvalue weighted by atomic mass is 9.83. The van der Waals surface area contributed by atoms with Crippen molar-refractivity contribution in [1.29, 1.82) is 0 Å². The van der Waals surface area contributed by atoms with Crippen LogP contribution in [0, 0.1) is 0 Å². The largest absolute Gasteiger partial charge is 0.508 e. The molecule has 2 heterocycles. The predicted octanol–water partition coefficient (Wildman–Crippen LogP) is 2.38. The van der Waals surface area contributed by atoms with Crippen molar-refractivity contribution in [1.82, 2.24) is 0 Å². The first-order valence-electron chi connectivity index (χ1n) is 8.63. The lowest BCUT2D eigenvalue weighted by Gasteiger charge is -2.38. The lowest BCUT2D eigenvalue weighted by Crippen LogP contribution is -2.46. The summed E-state index contributed by atoms with van der Waals surface area (Å²) in [6.45, 7) is 3.77. The SMILES string of the molecule is CC1(C)Oc2ccc([C@@H]3COc4cc(O)ccc4[C@H]3O)c(O)c2C[C@H]1O. The first-order valence-corrected chi connectivity index (χ1v) is 8.63. The number of rotatable bonds is 1. The van der Waals surface area contributed by atoms with E-state index in [1.807, 2.05) is 0 Å². The highest BCUT2D eigenvalue weighted by molar-refractivity contribution is 5.54. The second kappa shape index (κ2) is 5.79. The first kappa shape index (κ1) is 17.0. The maximum Gasteiger partial charge on any atom is 0.129 e. The number of benzene rings is 2. The average Bonchev–Trinajstić information content (AvgIpc) is 2.58. The Hall–Kier alpha value is -2.44. The second-order valence-electron chi connectivity index (χ2n) is 7.49. The summed E-state index contributed by atoms with van der Waals surface area (Å²) in [5, 5.41) is 41.4. The van der Waals surface area contributed by atoms with E-state index in [2.05, 4.69) is 0 Å². The van der Waals surface area contributed by atoms with Crippen LogP contribution in [-0.2, 0) is 6.42 Å².